The summed E-state index contributed by atoms with van der Waals surface area (Å²) in [6, 6.07) is 21.9. The lowest BCUT2D eigenvalue weighted by molar-refractivity contribution is 0.0742. The third kappa shape index (κ3) is 5.38. The second-order valence-electron chi connectivity index (χ2n) is 7.34. The van der Waals surface area contributed by atoms with Gasteiger partial charge >= 0.3 is 0 Å². The average molecular weight is 437 g/mol. The van der Waals surface area contributed by atoms with Crippen LogP contribution in [0.25, 0.3) is 0 Å². The fraction of sp³-hybridized carbons (Fsp3) is 0.167. The molecule has 6 nitrogen and oxygen atoms in total. The lowest BCUT2D eigenvalue weighted by Gasteiger charge is -2.26. The lowest BCUT2D eigenvalue weighted by atomic mass is 10.1. The molecule has 1 N–H and O–H groups in total. The summed E-state index contributed by atoms with van der Waals surface area (Å²) in [5.41, 5.74) is 2.31. The Hall–Kier alpha value is -3.45. The Morgan fingerprint density at radius 3 is 2.19 bits per heavy atom. The first kappa shape index (κ1) is 22.2. The van der Waals surface area contributed by atoms with Gasteiger partial charge in [0.1, 0.15) is 0 Å². The molecule has 0 aliphatic rings. The number of amides is 2. The lowest BCUT2D eigenvalue weighted by Crippen LogP contribution is -2.29. The van der Waals surface area contributed by atoms with E-state index in [2.05, 4.69) is 5.32 Å². The minimum atomic E-state index is -3.41. The summed E-state index contributed by atoms with van der Waals surface area (Å²) in [5.74, 6) is -0.510. The van der Waals surface area contributed by atoms with Gasteiger partial charge in [0.05, 0.1) is 10.9 Å². The quantitative estimate of drug-likeness (QED) is 0.628. The Morgan fingerprint density at radius 1 is 0.871 bits per heavy atom. The summed E-state index contributed by atoms with van der Waals surface area (Å²) in [4.78, 5) is 27.0. The van der Waals surface area contributed by atoms with Crippen LogP contribution >= 0.6 is 0 Å². The van der Waals surface area contributed by atoms with E-state index in [4.69, 9.17) is 0 Å². The highest BCUT2D eigenvalue weighted by molar-refractivity contribution is 7.90. The van der Waals surface area contributed by atoms with Crippen molar-refractivity contribution >= 4 is 27.3 Å². The molecule has 0 aromatic heterocycles. The number of nitrogens with zero attached hydrogens (tertiary/aromatic N) is 1. The third-order valence-electron chi connectivity index (χ3n) is 5.07. The summed E-state index contributed by atoms with van der Waals surface area (Å²) < 4.78 is 23.6. The topological polar surface area (TPSA) is 83.6 Å². The van der Waals surface area contributed by atoms with Crippen LogP contribution in [0.2, 0.25) is 0 Å². The van der Waals surface area contributed by atoms with Gasteiger partial charge in [0.25, 0.3) is 11.8 Å². The molecule has 0 unspecified atom stereocenters. The first-order chi connectivity index (χ1) is 14.7. The number of anilines is 1. The fourth-order valence-corrected chi connectivity index (χ4v) is 3.80. The van der Waals surface area contributed by atoms with Crippen molar-refractivity contribution in [2.24, 2.45) is 0 Å². The van der Waals surface area contributed by atoms with Crippen molar-refractivity contribution in [2.45, 2.75) is 17.9 Å². The van der Waals surface area contributed by atoms with Crippen LogP contribution in [0, 0.1) is 0 Å². The third-order valence-corrected chi connectivity index (χ3v) is 6.18. The van der Waals surface area contributed by atoms with E-state index in [0.29, 0.717) is 16.8 Å². The van der Waals surface area contributed by atoms with Crippen molar-refractivity contribution in [1.82, 2.24) is 4.90 Å². The first-order valence-corrected chi connectivity index (χ1v) is 11.6. The minimum absolute atomic E-state index is 0.102. The molecule has 0 heterocycles. The van der Waals surface area contributed by atoms with Gasteiger partial charge in [-0.25, -0.2) is 8.42 Å². The maximum Gasteiger partial charge on any atom is 0.255 e. The van der Waals surface area contributed by atoms with Crippen LogP contribution in [0.4, 0.5) is 5.69 Å². The molecule has 0 aliphatic carbocycles. The van der Waals surface area contributed by atoms with Crippen LogP contribution in [-0.4, -0.2) is 38.4 Å². The van der Waals surface area contributed by atoms with Gasteiger partial charge in [-0.05, 0) is 55.0 Å². The van der Waals surface area contributed by atoms with E-state index in [1.807, 2.05) is 31.2 Å². The molecule has 0 saturated carbocycles. The molecule has 2 amide bonds. The van der Waals surface area contributed by atoms with Gasteiger partial charge < -0.3 is 10.2 Å². The Labute approximate surface area is 182 Å². The van der Waals surface area contributed by atoms with Gasteiger partial charge in [-0.15, -0.1) is 0 Å². The molecule has 3 aromatic rings. The van der Waals surface area contributed by atoms with Crippen molar-refractivity contribution in [3.63, 3.8) is 0 Å². The van der Waals surface area contributed by atoms with Gasteiger partial charge in [0.15, 0.2) is 9.84 Å². The minimum Gasteiger partial charge on any atom is -0.335 e. The van der Waals surface area contributed by atoms with E-state index in [-0.39, 0.29) is 22.8 Å². The molecule has 0 radical (unpaired) electrons. The molecule has 3 aromatic carbocycles. The number of sulfone groups is 1. The van der Waals surface area contributed by atoms with Crippen molar-refractivity contribution < 1.29 is 18.0 Å². The standard InChI is InChI=1S/C24H24N2O4S/c1-17(26(2)24(28)20-12-8-14-22(16-20)31(3,29)30)19-11-7-13-21(15-19)25-23(27)18-9-5-4-6-10-18/h4-17H,1-3H3,(H,25,27)/t17-/m1/s1. The van der Waals surface area contributed by atoms with Crippen LogP contribution < -0.4 is 5.32 Å². The second kappa shape index (κ2) is 9.14. The molecule has 0 spiro atoms. The number of hydrogen-bond donors (Lipinski definition) is 1. The largest absolute Gasteiger partial charge is 0.335 e. The number of hydrogen-bond acceptors (Lipinski definition) is 4. The molecule has 0 bridgehead atoms. The highest BCUT2D eigenvalue weighted by Crippen LogP contribution is 2.24. The maximum atomic E-state index is 12.9. The van der Waals surface area contributed by atoms with Crippen LogP contribution in [0.1, 0.15) is 39.2 Å². The molecular weight excluding hydrogens is 412 g/mol. The van der Waals surface area contributed by atoms with E-state index in [1.165, 1.54) is 12.1 Å². The van der Waals surface area contributed by atoms with E-state index < -0.39 is 9.84 Å². The molecule has 0 saturated heterocycles. The number of carbonyl (C=O) groups excluding carboxylic acids is 2. The van der Waals surface area contributed by atoms with Crippen molar-refractivity contribution in [3.8, 4) is 0 Å². The predicted molar refractivity (Wildman–Crippen MR) is 121 cm³/mol. The molecule has 31 heavy (non-hydrogen) atoms. The van der Waals surface area contributed by atoms with Gasteiger partial charge in [0.2, 0.25) is 0 Å². The molecule has 1 atom stereocenters. The van der Waals surface area contributed by atoms with Gasteiger partial charge in [-0.2, -0.15) is 0 Å². The number of benzene rings is 3. The molecule has 3 rings (SSSR count). The Balaban J connectivity index is 1.78. The van der Waals surface area contributed by atoms with Crippen molar-refractivity contribution in [2.75, 3.05) is 18.6 Å². The Morgan fingerprint density at radius 2 is 1.52 bits per heavy atom. The number of nitrogens with one attached hydrogen (secondary N) is 1. The highest BCUT2D eigenvalue weighted by Gasteiger charge is 2.21. The zero-order valence-corrected chi connectivity index (χ0v) is 18.4. The van der Waals surface area contributed by atoms with Gasteiger partial charge in [0, 0.05) is 30.1 Å². The van der Waals surface area contributed by atoms with E-state index in [9.17, 15) is 18.0 Å². The average Bonchev–Trinajstić information content (AvgIpc) is 2.78. The predicted octanol–water partition coefficient (Wildman–Crippen LogP) is 4.18. The Kier molecular flexibility index (Phi) is 6.56. The van der Waals surface area contributed by atoms with Crippen molar-refractivity contribution in [3.05, 3.63) is 95.6 Å². The van der Waals surface area contributed by atoms with E-state index >= 15 is 0 Å². The fourth-order valence-electron chi connectivity index (χ4n) is 3.13. The first-order valence-electron chi connectivity index (χ1n) is 9.70. The summed E-state index contributed by atoms with van der Waals surface area (Å²) in [5, 5.41) is 2.87. The monoisotopic (exact) mass is 436 g/mol. The van der Waals surface area contributed by atoms with Crippen LogP contribution in [0.3, 0.4) is 0 Å². The molecule has 0 fully saturated rings. The van der Waals surface area contributed by atoms with Crippen LogP contribution in [0.15, 0.2) is 83.8 Å². The van der Waals surface area contributed by atoms with E-state index in [1.54, 1.807) is 54.4 Å². The summed E-state index contributed by atoms with van der Waals surface area (Å²) in [6.45, 7) is 1.87. The Bertz CT molecular complexity index is 1210. The zero-order valence-electron chi connectivity index (χ0n) is 17.6. The van der Waals surface area contributed by atoms with Crippen molar-refractivity contribution in [1.29, 1.82) is 0 Å². The van der Waals surface area contributed by atoms with Gasteiger partial charge in [-0.3, -0.25) is 9.59 Å². The highest BCUT2D eigenvalue weighted by atomic mass is 32.2. The molecule has 7 heteroatoms. The molecular formula is C24H24N2O4S. The number of rotatable bonds is 6. The zero-order chi connectivity index (χ0) is 22.6. The summed E-state index contributed by atoms with van der Waals surface area (Å²) in [6.07, 6.45) is 1.11. The normalized spacial score (nSPS) is 12.1. The van der Waals surface area contributed by atoms with Crippen LogP contribution in [-0.2, 0) is 9.84 Å². The summed E-state index contributed by atoms with van der Waals surface area (Å²) >= 11 is 0. The SMILES string of the molecule is C[C@H](c1cccc(NC(=O)c2ccccc2)c1)N(C)C(=O)c1cccc(S(C)(=O)=O)c1. The second-order valence-corrected chi connectivity index (χ2v) is 9.35. The van der Waals surface area contributed by atoms with Crippen LogP contribution in [0.5, 0.6) is 0 Å². The maximum absolute atomic E-state index is 12.9. The summed E-state index contributed by atoms with van der Waals surface area (Å²) in [7, 11) is -1.75. The molecule has 0 aliphatic heterocycles. The smallest absolute Gasteiger partial charge is 0.255 e. The van der Waals surface area contributed by atoms with E-state index in [0.717, 1.165) is 11.8 Å². The molecule has 160 valence electrons. The number of carbonyl (C=O) groups is 2. The van der Waals surface area contributed by atoms with Gasteiger partial charge in [-0.1, -0.05) is 36.4 Å².